The summed E-state index contributed by atoms with van der Waals surface area (Å²) >= 11 is 13.6. The lowest BCUT2D eigenvalue weighted by atomic mass is 10.2. The highest BCUT2D eigenvalue weighted by molar-refractivity contribution is 7.11. The molecule has 0 spiro atoms. The SMILES string of the molecule is CN(C)C=C(C#N)c1nc(-c2ccc(-c3ccc(Cl)cc3Cl)o2)cs1. The molecule has 0 atom stereocenters. The van der Waals surface area contributed by atoms with Crippen molar-refractivity contribution in [3.63, 3.8) is 0 Å². The summed E-state index contributed by atoms with van der Waals surface area (Å²) in [6.45, 7) is 0. The van der Waals surface area contributed by atoms with E-state index < -0.39 is 0 Å². The number of aromatic nitrogens is 1. The Labute approximate surface area is 159 Å². The Hall–Kier alpha value is -2.26. The van der Waals surface area contributed by atoms with Gasteiger partial charge in [0.25, 0.3) is 0 Å². The molecule has 0 unspecified atom stereocenters. The molecule has 25 heavy (non-hydrogen) atoms. The molecule has 0 fully saturated rings. The van der Waals surface area contributed by atoms with Crippen molar-refractivity contribution in [2.24, 2.45) is 0 Å². The minimum Gasteiger partial charge on any atom is -0.454 e. The molecule has 0 aliphatic rings. The van der Waals surface area contributed by atoms with Gasteiger partial charge in [-0.15, -0.1) is 11.3 Å². The Balaban J connectivity index is 1.92. The molecule has 0 bridgehead atoms. The molecule has 0 saturated carbocycles. The lowest BCUT2D eigenvalue weighted by molar-refractivity contribution is 0.566. The number of thiazole rings is 1. The fourth-order valence-corrected chi connectivity index (χ4v) is 3.48. The van der Waals surface area contributed by atoms with Crippen LogP contribution in [0.2, 0.25) is 10.0 Å². The van der Waals surface area contributed by atoms with E-state index in [2.05, 4.69) is 11.1 Å². The molecule has 2 aromatic heterocycles. The first-order chi connectivity index (χ1) is 12.0. The predicted octanol–water partition coefficient (Wildman–Crippen LogP) is 5.80. The van der Waals surface area contributed by atoms with Crippen molar-refractivity contribution in [1.29, 1.82) is 5.26 Å². The summed E-state index contributed by atoms with van der Waals surface area (Å²) in [5, 5.41) is 12.9. The predicted molar refractivity (Wildman–Crippen MR) is 103 cm³/mol. The Bertz CT molecular complexity index is 982. The highest BCUT2D eigenvalue weighted by atomic mass is 35.5. The number of allylic oxidation sites excluding steroid dienone is 1. The van der Waals surface area contributed by atoms with E-state index in [0.29, 0.717) is 37.8 Å². The summed E-state index contributed by atoms with van der Waals surface area (Å²) in [6, 6.07) is 11.1. The zero-order valence-electron chi connectivity index (χ0n) is 13.5. The fourth-order valence-electron chi connectivity index (χ4n) is 2.21. The van der Waals surface area contributed by atoms with Crippen LogP contribution >= 0.6 is 34.5 Å². The van der Waals surface area contributed by atoms with Crippen LogP contribution in [0.4, 0.5) is 0 Å². The van der Waals surface area contributed by atoms with Crippen LogP contribution in [0.5, 0.6) is 0 Å². The maximum atomic E-state index is 9.29. The van der Waals surface area contributed by atoms with Gasteiger partial charge in [0, 0.05) is 36.3 Å². The zero-order chi connectivity index (χ0) is 18.0. The minimum absolute atomic E-state index is 0.508. The van der Waals surface area contributed by atoms with Crippen LogP contribution in [0, 0.1) is 11.3 Å². The number of furan rings is 1. The lowest BCUT2D eigenvalue weighted by Crippen LogP contribution is -2.02. The number of nitriles is 1. The van der Waals surface area contributed by atoms with Gasteiger partial charge in [-0.1, -0.05) is 23.2 Å². The molecule has 0 radical (unpaired) electrons. The Morgan fingerprint density at radius 3 is 2.68 bits per heavy atom. The Kier molecular flexibility index (Phi) is 5.14. The monoisotopic (exact) mass is 389 g/mol. The third-order valence-electron chi connectivity index (χ3n) is 3.30. The van der Waals surface area contributed by atoms with Crippen molar-refractivity contribution in [1.82, 2.24) is 9.88 Å². The first kappa shape index (κ1) is 17.6. The first-order valence-corrected chi connectivity index (χ1v) is 8.91. The van der Waals surface area contributed by atoms with E-state index in [1.165, 1.54) is 11.3 Å². The maximum Gasteiger partial charge on any atom is 0.154 e. The van der Waals surface area contributed by atoms with Gasteiger partial charge in [0.2, 0.25) is 0 Å². The van der Waals surface area contributed by atoms with E-state index in [-0.39, 0.29) is 0 Å². The Morgan fingerprint density at radius 1 is 1.24 bits per heavy atom. The van der Waals surface area contributed by atoms with Gasteiger partial charge < -0.3 is 9.32 Å². The summed E-state index contributed by atoms with van der Waals surface area (Å²) in [5.74, 6) is 1.25. The van der Waals surface area contributed by atoms with E-state index in [9.17, 15) is 5.26 Å². The Morgan fingerprint density at radius 2 is 2.00 bits per heavy atom. The highest BCUT2D eigenvalue weighted by Crippen LogP contribution is 2.35. The molecule has 0 amide bonds. The number of rotatable bonds is 4. The molecule has 2 heterocycles. The van der Waals surface area contributed by atoms with Crippen LogP contribution in [-0.4, -0.2) is 24.0 Å². The number of nitrogens with zero attached hydrogens (tertiary/aromatic N) is 3. The highest BCUT2D eigenvalue weighted by Gasteiger charge is 2.14. The molecule has 0 saturated heterocycles. The number of hydrogen-bond acceptors (Lipinski definition) is 5. The van der Waals surface area contributed by atoms with Crippen molar-refractivity contribution < 1.29 is 4.42 Å². The van der Waals surface area contributed by atoms with E-state index in [4.69, 9.17) is 27.6 Å². The van der Waals surface area contributed by atoms with Crippen LogP contribution in [0.1, 0.15) is 5.01 Å². The average molecular weight is 390 g/mol. The van der Waals surface area contributed by atoms with Crippen LogP contribution < -0.4 is 0 Å². The van der Waals surface area contributed by atoms with Crippen LogP contribution in [0.25, 0.3) is 28.4 Å². The quantitative estimate of drug-likeness (QED) is 0.528. The second kappa shape index (κ2) is 7.32. The molecule has 126 valence electrons. The van der Waals surface area contributed by atoms with Crippen molar-refractivity contribution in [3.8, 4) is 28.8 Å². The summed E-state index contributed by atoms with van der Waals surface area (Å²) < 4.78 is 5.89. The molecule has 1 aromatic carbocycles. The molecule has 0 aliphatic heterocycles. The van der Waals surface area contributed by atoms with E-state index in [1.807, 2.05) is 42.6 Å². The largest absolute Gasteiger partial charge is 0.454 e. The topological polar surface area (TPSA) is 53.1 Å². The molecular formula is C18H13Cl2N3OS. The zero-order valence-corrected chi connectivity index (χ0v) is 15.8. The number of benzene rings is 1. The van der Waals surface area contributed by atoms with Crippen molar-refractivity contribution >= 4 is 40.1 Å². The molecule has 7 heteroatoms. The van der Waals surface area contributed by atoms with Gasteiger partial charge in [-0.05, 0) is 30.3 Å². The van der Waals surface area contributed by atoms with Crippen molar-refractivity contribution in [2.75, 3.05) is 14.1 Å². The third kappa shape index (κ3) is 3.88. The van der Waals surface area contributed by atoms with Crippen molar-refractivity contribution in [2.45, 2.75) is 0 Å². The normalized spacial score (nSPS) is 11.4. The second-order valence-corrected chi connectivity index (χ2v) is 7.15. The molecule has 4 nitrogen and oxygen atoms in total. The first-order valence-electron chi connectivity index (χ1n) is 7.28. The standard InChI is InChI=1S/C18H13Cl2N3OS/c1-23(2)9-11(8-21)18-22-15(10-25-18)17-6-5-16(24-17)13-4-3-12(19)7-14(13)20/h3-7,9-10H,1-2H3. The number of halogens is 2. The molecule has 0 N–H and O–H groups in total. The molecular weight excluding hydrogens is 377 g/mol. The second-order valence-electron chi connectivity index (χ2n) is 5.44. The number of hydrogen-bond donors (Lipinski definition) is 0. The smallest absolute Gasteiger partial charge is 0.154 e. The van der Waals surface area contributed by atoms with E-state index in [1.54, 1.807) is 18.3 Å². The third-order valence-corrected chi connectivity index (χ3v) is 4.72. The fraction of sp³-hybridized carbons (Fsp3) is 0.111. The summed E-state index contributed by atoms with van der Waals surface area (Å²) in [6.07, 6.45) is 1.74. The van der Waals surface area contributed by atoms with E-state index in [0.717, 1.165) is 5.56 Å². The lowest BCUT2D eigenvalue weighted by Gasteiger charge is -2.04. The molecule has 0 aliphatic carbocycles. The van der Waals surface area contributed by atoms with Gasteiger partial charge in [-0.3, -0.25) is 0 Å². The van der Waals surface area contributed by atoms with Gasteiger partial charge in [-0.25, -0.2) is 4.98 Å². The van der Waals surface area contributed by atoms with Gasteiger partial charge in [0.05, 0.1) is 5.02 Å². The van der Waals surface area contributed by atoms with Gasteiger partial charge in [0.15, 0.2) is 5.76 Å². The van der Waals surface area contributed by atoms with Crippen LogP contribution in [0.15, 0.2) is 46.3 Å². The van der Waals surface area contributed by atoms with Crippen LogP contribution in [-0.2, 0) is 0 Å². The molecule has 3 aromatic rings. The van der Waals surface area contributed by atoms with Crippen LogP contribution in [0.3, 0.4) is 0 Å². The minimum atomic E-state index is 0.508. The summed E-state index contributed by atoms with van der Waals surface area (Å²) in [4.78, 5) is 6.31. The summed E-state index contributed by atoms with van der Waals surface area (Å²) in [7, 11) is 3.72. The average Bonchev–Trinajstić information content (AvgIpc) is 3.21. The maximum absolute atomic E-state index is 9.29. The van der Waals surface area contributed by atoms with Crippen molar-refractivity contribution in [3.05, 3.63) is 57.0 Å². The van der Waals surface area contributed by atoms with Gasteiger partial charge in [0.1, 0.15) is 28.1 Å². The summed E-state index contributed by atoms with van der Waals surface area (Å²) in [5.41, 5.74) is 1.95. The molecule has 3 rings (SSSR count). The van der Waals surface area contributed by atoms with Gasteiger partial charge >= 0.3 is 0 Å². The van der Waals surface area contributed by atoms with E-state index >= 15 is 0 Å². The van der Waals surface area contributed by atoms with Gasteiger partial charge in [-0.2, -0.15) is 5.26 Å².